The summed E-state index contributed by atoms with van der Waals surface area (Å²) in [5.41, 5.74) is 0.207. The number of hydrogen-bond donors (Lipinski definition) is 0. The minimum absolute atomic E-state index is 0.0120. The maximum atomic E-state index is 11.9. The fourth-order valence-electron chi connectivity index (χ4n) is 5.11. The van der Waals surface area contributed by atoms with Gasteiger partial charge in [0.2, 0.25) is 5.82 Å². The first-order valence-electron chi connectivity index (χ1n) is 9.25. The van der Waals surface area contributed by atoms with E-state index in [1.807, 2.05) is 18.2 Å². The molecule has 2 fully saturated rings. The van der Waals surface area contributed by atoms with Gasteiger partial charge in [-0.25, -0.2) is 4.98 Å². The largest absolute Gasteiger partial charge is 0.434 e. The molecule has 1 aromatic heterocycles. The molecule has 2 aromatic rings. The number of anilines is 1. The van der Waals surface area contributed by atoms with Crippen LogP contribution in [0.5, 0.6) is 11.6 Å². The lowest BCUT2D eigenvalue weighted by molar-refractivity contribution is -0.385. The number of para-hydroxylation sites is 1. The van der Waals surface area contributed by atoms with E-state index in [2.05, 4.69) is 35.6 Å². The molecular formula is C20H24N4O3. The Kier molecular flexibility index (Phi) is 4.05. The van der Waals surface area contributed by atoms with Crippen molar-refractivity contribution in [3.05, 3.63) is 46.8 Å². The van der Waals surface area contributed by atoms with Gasteiger partial charge < -0.3 is 9.64 Å². The summed E-state index contributed by atoms with van der Waals surface area (Å²) in [4.78, 5) is 22.0. The molecule has 2 aliphatic rings. The van der Waals surface area contributed by atoms with E-state index >= 15 is 0 Å². The van der Waals surface area contributed by atoms with Crippen molar-refractivity contribution in [1.29, 1.82) is 0 Å². The van der Waals surface area contributed by atoms with Crippen LogP contribution in [0.2, 0.25) is 0 Å². The molecule has 2 unspecified atom stereocenters. The summed E-state index contributed by atoms with van der Waals surface area (Å²) in [6, 6.07) is 9.23. The fraction of sp³-hybridized carbons (Fsp3) is 0.500. The van der Waals surface area contributed by atoms with Crippen molar-refractivity contribution in [2.75, 3.05) is 11.4 Å². The van der Waals surface area contributed by atoms with Gasteiger partial charge in [-0.3, -0.25) is 10.1 Å². The predicted octanol–water partition coefficient (Wildman–Crippen LogP) is 4.58. The van der Waals surface area contributed by atoms with Gasteiger partial charge in [-0.05, 0) is 42.2 Å². The summed E-state index contributed by atoms with van der Waals surface area (Å²) >= 11 is 0. The van der Waals surface area contributed by atoms with Gasteiger partial charge in [0.05, 0.1) is 4.92 Å². The summed E-state index contributed by atoms with van der Waals surface area (Å²) < 4.78 is 5.73. The molecule has 1 aromatic carbocycles. The Labute approximate surface area is 158 Å². The van der Waals surface area contributed by atoms with E-state index in [1.54, 1.807) is 12.1 Å². The minimum Gasteiger partial charge on any atom is -0.434 e. The fourth-order valence-corrected chi connectivity index (χ4v) is 5.11. The first-order chi connectivity index (χ1) is 12.8. The molecule has 1 saturated heterocycles. The van der Waals surface area contributed by atoms with Gasteiger partial charge in [0.15, 0.2) is 0 Å². The molecule has 7 nitrogen and oxygen atoms in total. The first kappa shape index (κ1) is 17.7. The molecule has 0 amide bonds. The smallest absolute Gasteiger partial charge is 0.373 e. The summed E-state index contributed by atoms with van der Waals surface area (Å²) in [6.45, 7) is 7.59. The molecule has 27 heavy (non-hydrogen) atoms. The van der Waals surface area contributed by atoms with Crippen LogP contribution >= 0.6 is 0 Å². The van der Waals surface area contributed by atoms with Crippen molar-refractivity contribution in [1.82, 2.24) is 9.97 Å². The number of fused-ring (bicyclic) bond motifs is 2. The molecule has 0 N–H and O–H groups in total. The van der Waals surface area contributed by atoms with E-state index in [4.69, 9.17) is 4.74 Å². The van der Waals surface area contributed by atoms with E-state index in [1.165, 1.54) is 6.33 Å². The standard InChI is InChI=1S/C20H24N4O3/c1-19(2)9-14-10-20(3,11-19)12-23(14)17-16(24(25)26)18(22-13-21-17)27-15-7-5-4-6-8-15/h4-8,13-14H,9-12H2,1-3H3. The highest BCUT2D eigenvalue weighted by atomic mass is 16.6. The van der Waals surface area contributed by atoms with Crippen LogP contribution in [0, 0.1) is 20.9 Å². The van der Waals surface area contributed by atoms with Gasteiger partial charge in [0.25, 0.3) is 0 Å². The quantitative estimate of drug-likeness (QED) is 0.580. The molecule has 7 heteroatoms. The Bertz CT molecular complexity index is 871. The number of ether oxygens (including phenoxy) is 1. The highest BCUT2D eigenvalue weighted by Gasteiger charge is 2.51. The minimum atomic E-state index is -0.427. The van der Waals surface area contributed by atoms with Crippen LogP contribution in [-0.2, 0) is 0 Å². The Morgan fingerprint density at radius 1 is 1.19 bits per heavy atom. The van der Waals surface area contributed by atoms with Gasteiger partial charge in [-0.2, -0.15) is 4.98 Å². The number of benzene rings is 1. The number of aromatic nitrogens is 2. The van der Waals surface area contributed by atoms with E-state index in [-0.39, 0.29) is 28.4 Å². The Hall–Kier alpha value is -2.70. The highest BCUT2D eigenvalue weighted by Crippen LogP contribution is 2.54. The lowest BCUT2D eigenvalue weighted by atomic mass is 9.65. The zero-order valence-electron chi connectivity index (χ0n) is 15.9. The molecule has 1 aliphatic carbocycles. The average Bonchev–Trinajstić information content (AvgIpc) is 2.84. The maximum absolute atomic E-state index is 11.9. The molecule has 1 saturated carbocycles. The Morgan fingerprint density at radius 3 is 2.63 bits per heavy atom. The Morgan fingerprint density at radius 2 is 1.93 bits per heavy atom. The number of nitro groups is 1. The van der Waals surface area contributed by atoms with Gasteiger partial charge >= 0.3 is 11.6 Å². The second-order valence-electron chi connectivity index (χ2n) is 8.86. The van der Waals surface area contributed by atoms with Gasteiger partial charge in [-0.1, -0.05) is 39.0 Å². The second-order valence-corrected chi connectivity index (χ2v) is 8.86. The Balaban J connectivity index is 1.73. The lowest BCUT2D eigenvalue weighted by Crippen LogP contribution is -2.35. The number of rotatable bonds is 4. The van der Waals surface area contributed by atoms with Gasteiger partial charge in [-0.15, -0.1) is 0 Å². The van der Waals surface area contributed by atoms with Crippen LogP contribution in [0.15, 0.2) is 36.7 Å². The summed E-state index contributed by atoms with van der Waals surface area (Å²) in [7, 11) is 0. The molecule has 0 spiro atoms. The molecule has 2 bridgehead atoms. The van der Waals surface area contributed by atoms with Gasteiger partial charge in [0, 0.05) is 12.6 Å². The predicted molar refractivity (Wildman–Crippen MR) is 102 cm³/mol. The first-order valence-corrected chi connectivity index (χ1v) is 9.25. The maximum Gasteiger partial charge on any atom is 0.373 e. The van der Waals surface area contributed by atoms with Crippen molar-refractivity contribution in [2.45, 2.75) is 46.1 Å². The SMILES string of the molecule is CC1(C)CC2CC(C)(CN2c2ncnc(Oc3ccccc3)c2[N+](=O)[O-])C1. The van der Waals surface area contributed by atoms with Crippen molar-refractivity contribution in [2.24, 2.45) is 10.8 Å². The zero-order valence-corrected chi connectivity index (χ0v) is 15.9. The second kappa shape index (κ2) is 6.18. The summed E-state index contributed by atoms with van der Waals surface area (Å²) in [5.74, 6) is 0.868. The molecule has 142 valence electrons. The van der Waals surface area contributed by atoms with Crippen LogP contribution in [0.25, 0.3) is 0 Å². The topological polar surface area (TPSA) is 81.4 Å². The summed E-state index contributed by atoms with van der Waals surface area (Å²) in [6.07, 6.45) is 4.50. The average molecular weight is 368 g/mol. The number of hydrogen-bond acceptors (Lipinski definition) is 6. The van der Waals surface area contributed by atoms with Crippen LogP contribution in [-0.4, -0.2) is 27.5 Å². The van der Waals surface area contributed by atoms with Crippen LogP contribution < -0.4 is 9.64 Å². The third-order valence-electron chi connectivity index (χ3n) is 5.60. The molecule has 2 atom stereocenters. The lowest BCUT2D eigenvalue weighted by Gasteiger charge is -2.39. The van der Waals surface area contributed by atoms with Crippen LogP contribution in [0.3, 0.4) is 0 Å². The summed E-state index contributed by atoms with van der Waals surface area (Å²) in [5, 5.41) is 11.9. The van der Waals surface area contributed by atoms with Crippen LogP contribution in [0.1, 0.15) is 40.0 Å². The van der Waals surface area contributed by atoms with E-state index in [0.717, 1.165) is 25.8 Å². The van der Waals surface area contributed by atoms with E-state index in [0.29, 0.717) is 11.6 Å². The third kappa shape index (κ3) is 3.34. The zero-order chi connectivity index (χ0) is 19.2. The molecule has 4 rings (SSSR count). The highest BCUT2D eigenvalue weighted by molar-refractivity contribution is 5.64. The van der Waals surface area contributed by atoms with E-state index in [9.17, 15) is 10.1 Å². The van der Waals surface area contributed by atoms with E-state index < -0.39 is 4.92 Å². The van der Waals surface area contributed by atoms with Crippen molar-refractivity contribution in [3.8, 4) is 11.6 Å². The van der Waals surface area contributed by atoms with Gasteiger partial charge in [0.1, 0.15) is 12.1 Å². The van der Waals surface area contributed by atoms with Crippen molar-refractivity contribution < 1.29 is 9.66 Å². The molecule has 2 heterocycles. The van der Waals surface area contributed by atoms with Crippen molar-refractivity contribution >= 4 is 11.5 Å². The monoisotopic (exact) mass is 368 g/mol. The van der Waals surface area contributed by atoms with Crippen LogP contribution in [0.4, 0.5) is 11.5 Å². The molecular weight excluding hydrogens is 344 g/mol. The molecule has 0 radical (unpaired) electrons. The number of nitrogens with zero attached hydrogens (tertiary/aromatic N) is 4. The van der Waals surface area contributed by atoms with Crippen molar-refractivity contribution in [3.63, 3.8) is 0 Å². The molecule has 1 aliphatic heterocycles. The normalized spacial score (nSPS) is 26.0. The third-order valence-corrected chi connectivity index (χ3v) is 5.60.